The lowest BCUT2D eigenvalue weighted by Gasteiger charge is -2.21. The average molecular weight is 899 g/mol. The molecule has 0 saturated heterocycles. The molecule has 3 nitrogen and oxygen atoms in total. The number of para-hydroxylation sites is 2. The zero-order chi connectivity index (χ0) is 47.0. The van der Waals surface area contributed by atoms with E-state index in [0.717, 1.165) is 45.6 Å². The Bertz CT molecular complexity index is 4140. The van der Waals surface area contributed by atoms with Crippen LogP contribution in [0.2, 0.25) is 0 Å². The van der Waals surface area contributed by atoms with E-state index in [1.54, 1.807) is 0 Å². The Morgan fingerprint density at radius 1 is 0.414 bits per heavy atom. The van der Waals surface area contributed by atoms with E-state index in [9.17, 15) is 4.79 Å². The highest BCUT2D eigenvalue weighted by Gasteiger charge is 2.37. The number of benzene rings is 9. The van der Waals surface area contributed by atoms with Crippen molar-refractivity contribution in [1.29, 1.82) is 0 Å². The quantitative estimate of drug-likeness (QED) is 0.153. The topological polar surface area (TPSA) is 26.9 Å². The SMILES string of the molecule is CC1(C)c2ccccc2-c2cc3c4ccccc4n(-c4cccc(C5=CCCC(C(=O)c6cccc(-c7cccc(-n8c9ccccc9c9cc%10c(cc98)C(C)(C)c8ccccc8-%10)c7)c6)=C5)c4)c3cc21. The van der Waals surface area contributed by atoms with E-state index >= 15 is 0 Å². The molecule has 0 unspecified atom stereocenters. The molecule has 3 heteroatoms. The molecule has 70 heavy (non-hydrogen) atoms. The molecule has 3 aliphatic carbocycles. The molecule has 0 fully saturated rings. The van der Waals surface area contributed by atoms with Crippen molar-refractivity contribution in [2.75, 3.05) is 0 Å². The van der Waals surface area contributed by atoms with Crippen LogP contribution in [0.3, 0.4) is 0 Å². The molecule has 2 aromatic heterocycles. The molecule has 0 N–H and O–H groups in total. The van der Waals surface area contributed by atoms with Crippen molar-refractivity contribution in [2.24, 2.45) is 0 Å². The van der Waals surface area contributed by atoms with Crippen LogP contribution in [0, 0.1) is 0 Å². The number of allylic oxidation sites excluding steroid dienone is 4. The molecule has 0 aliphatic heterocycles. The number of hydrogen-bond acceptors (Lipinski definition) is 1. The standard InChI is InChI=1S/C67H50N2O/c1-66(2)57-29-9-5-25-49(57)53-37-55-51-27-7-11-31-61(51)68(63(55)39-59(53)66)47-23-15-19-43(35-47)41-17-13-21-45(33-41)65(70)46-22-14-18-42(34-46)44-20-16-24-48(36-44)69-62-32-12-8-28-52(62)56-38-54-50-26-6-10-30-58(50)67(3,4)60(54)40-64(56)69/h5-13,15-21,23-40H,14,22H2,1-4H3. The van der Waals surface area contributed by atoms with E-state index in [1.807, 2.05) is 12.1 Å². The fourth-order valence-corrected chi connectivity index (χ4v) is 12.6. The Balaban J connectivity index is 0.800. The highest BCUT2D eigenvalue weighted by molar-refractivity contribution is 6.14. The van der Waals surface area contributed by atoms with Crippen LogP contribution in [-0.4, -0.2) is 14.9 Å². The molecule has 11 aromatic rings. The smallest absolute Gasteiger partial charge is 0.189 e. The molecular formula is C67H50N2O. The predicted octanol–water partition coefficient (Wildman–Crippen LogP) is 17.1. The molecule has 0 bridgehead atoms. The minimum atomic E-state index is -0.107. The van der Waals surface area contributed by atoms with Crippen LogP contribution in [0.4, 0.5) is 0 Å². The zero-order valence-electron chi connectivity index (χ0n) is 39.8. The summed E-state index contributed by atoms with van der Waals surface area (Å²) in [5, 5.41) is 5.01. The summed E-state index contributed by atoms with van der Waals surface area (Å²) >= 11 is 0. The highest BCUT2D eigenvalue weighted by atomic mass is 16.1. The third-order valence-electron chi connectivity index (χ3n) is 16.2. The number of carbonyl (C=O) groups is 1. The maximum atomic E-state index is 14.6. The van der Waals surface area contributed by atoms with Gasteiger partial charge in [0.15, 0.2) is 5.78 Å². The van der Waals surface area contributed by atoms with E-state index < -0.39 is 0 Å². The van der Waals surface area contributed by atoms with Gasteiger partial charge in [0.05, 0.1) is 22.1 Å². The summed E-state index contributed by atoms with van der Waals surface area (Å²) in [7, 11) is 0. The second-order valence-corrected chi connectivity index (χ2v) is 20.8. The van der Waals surface area contributed by atoms with Crippen LogP contribution in [0.5, 0.6) is 0 Å². The lowest BCUT2D eigenvalue weighted by Crippen LogP contribution is -2.15. The summed E-state index contributed by atoms with van der Waals surface area (Å²) in [4.78, 5) is 14.6. The molecule has 3 aliphatic rings. The van der Waals surface area contributed by atoms with Crippen molar-refractivity contribution >= 4 is 55.0 Å². The molecule has 9 aromatic carbocycles. The molecule has 0 atom stereocenters. The van der Waals surface area contributed by atoms with Crippen molar-refractivity contribution < 1.29 is 4.79 Å². The van der Waals surface area contributed by atoms with Crippen molar-refractivity contribution in [3.8, 4) is 44.8 Å². The summed E-state index contributed by atoms with van der Waals surface area (Å²) in [6.45, 7) is 9.40. The summed E-state index contributed by atoms with van der Waals surface area (Å²) in [5.74, 6) is 0.0829. The molecular weight excluding hydrogens is 849 g/mol. The lowest BCUT2D eigenvalue weighted by molar-refractivity contribution is 0.103. The Hall–Kier alpha value is -8.27. The van der Waals surface area contributed by atoms with Crippen LogP contribution >= 0.6 is 0 Å². The fraction of sp³-hybridized carbons (Fsp3) is 0.119. The second kappa shape index (κ2) is 14.9. The van der Waals surface area contributed by atoms with Crippen LogP contribution in [0.1, 0.15) is 78.7 Å². The maximum Gasteiger partial charge on any atom is 0.189 e. The van der Waals surface area contributed by atoms with Gasteiger partial charge in [-0.3, -0.25) is 4.79 Å². The summed E-state index contributed by atoms with van der Waals surface area (Å²) in [6.07, 6.45) is 5.94. The Morgan fingerprint density at radius 3 is 1.49 bits per heavy atom. The van der Waals surface area contributed by atoms with Gasteiger partial charge in [-0.2, -0.15) is 0 Å². The Kier molecular flexibility index (Phi) is 8.66. The van der Waals surface area contributed by atoms with Crippen molar-refractivity contribution in [3.63, 3.8) is 0 Å². The minimum absolute atomic E-state index is 0.0829. The van der Waals surface area contributed by atoms with Gasteiger partial charge in [0, 0.05) is 54.9 Å². The van der Waals surface area contributed by atoms with E-state index in [-0.39, 0.29) is 16.6 Å². The van der Waals surface area contributed by atoms with Crippen molar-refractivity contribution in [2.45, 2.75) is 51.4 Å². The minimum Gasteiger partial charge on any atom is -0.309 e. The normalized spacial score (nSPS) is 15.2. The number of aromatic nitrogens is 2. The number of ketones is 1. The first kappa shape index (κ1) is 40.8. The fourth-order valence-electron chi connectivity index (χ4n) is 12.6. The van der Waals surface area contributed by atoms with Gasteiger partial charge in [0.25, 0.3) is 0 Å². The van der Waals surface area contributed by atoms with E-state index in [1.165, 1.54) is 88.1 Å². The molecule has 334 valence electrons. The molecule has 0 spiro atoms. The second-order valence-electron chi connectivity index (χ2n) is 20.8. The largest absolute Gasteiger partial charge is 0.309 e. The number of nitrogens with zero attached hydrogens (tertiary/aromatic N) is 2. The number of carbonyl (C=O) groups excluding carboxylic acids is 1. The summed E-state index contributed by atoms with van der Waals surface area (Å²) in [5.41, 5.74) is 23.4. The third-order valence-corrected chi connectivity index (χ3v) is 16.2. The molecule has 0 radical (unpaired) electrons. The van der Waals surface area contributed by atoms with Crippen molar-refractivity contribution in [1.82, 2.24) is 9.13 Å². The van der Waals surface area contributed by atoms with Gasteiger partial charge in [-0.15, -0.1) is 0 Å². The van der Waals surface area contributed by atoms with E-state index in [0.29, 0.717) is 12.0 Å². The predicted molar refractivity (Wildman–Crippen MR) is 292 cm³/mol. The Labute approximate surface area is 408 Å². The summed E-state index contributed by atoms with van der Waals surface area (Å²) < 4.78 is 4.85. The molecule has 0 saturated carbocycles. The van der Waals surface area contributed by atoms with E-state index in [4.69, 9.17) is 0 Å². The van der Waals surface area contributed by atoms with Crippen LogP contribution < -0.4 is 0 Å². The first-order valence-corrected chi connectivity index (χ1v) is 24.8. The van der Waals surface area contributed by atoms with Crippen LogP contribution in [0.25, 0.3) is 93.9 Å². The van der Waals surface area contributed by atoms with Gasteiger partial charge in [-0.25, -0.2) is 0 Å². The Morgan fingerprint density at radius 2 is 0.900 bits per heavy atom. The first-order valence-electron chi connectivity index (χ1n) is 24.8. The highest BCUT2D eigenvalue weighted by Crippen LogP contribution is 2.53. The monoisotopic (exact) mass is 898 g/mol. The zero-order valence-corrected chi connectivity index (χ0v) is 39.8. The molecule has 14 rings (SSSR count). The van der Waals surface area contributed by atoms with Gasteiger partial charge in [-0.1, -0.05) is 161 Å². The lowest BCUT2D eigenvalue weighted by atomic mass is 9.82. The average Bonchev–Trinajstić information content (AvgIpc) is 4.06. The first-order chi connectivity index (χ1) is 34.1. The van der Waals surface area contributed by atoms with Gasteiger partial charge >= 0.3 is 0 Å². The van der Waals surface area contributed by atoms with Crippen molar-refractivity contribution in [3.05, 3.63) is 245 Å². The van der Waals surface area contributed by atoms with Crippen LogP contribution in [0.15, 0.2) is 212 Å². The number of Topliss-reactive ketones (excluding diaryl/α,β-unsaturated/α-hetero) is 1. The van der Waals surface area contributed by atoms with Crippen LogP contribution in [-0.2, 0) is 10.8 Å². The maximum absolute atomic E-state index is 14.6. The molecule has 0 amide bonds. The van der Waals surface area contributed by atoms with Gasteiger partial charge in [0.1, 0.15) is 0 Å². The van der Waals surface area contributed by atoms with Gasteiger partial charge in [-0.05, 0) is 152 Å². The number of fused-ring (bicyclic) bond motifs is 12. The van der Waals surface area contributed by atoms with E-state index in [2.05, 4.69) is 231 Å². The summed E-state index contributed by atoms with van der Waals surface area (Å²) in [6, 6.07) is 70.9. The molecule has 2 heterocycles. The van der Waals surface area contributed by atoms with Gasteiger partial charge < -0.3 is 9.13 Å². The number of hydrogen-bond donors (Lipinski definition) is 0. The van der Waals surface area contributed by atoms with Gasteiger partial charge in [0.2, 0.25) is 0 Å². The third kappa shape index (κ3) is 5.85. The number of rotatable bonds is 6.